The zero-order valence-electron chi connectivity index (χ0n) is 13.8. The molecule has 0 radical (unpaired) electrons. The minimum atomic E-state index is -0.867. The summed E-state index contributed by atoms with van der Waals surface area (Å²) in [6.07, 6.45) is 5.05. The molecule has 6 nitrogen and oxygen atoms in total. The molecule has 0 aromatic carbocycles. The number of carbonyl (C=O) groups is 1. The van der Waals surface area contributed by atoms with E-state index >= 15 is 0 Å². The van der Waals surface area contributed by atoms with Gasteiger partial charge < -0.3 is 10.5 Å². The molecule has 6 heteroatoms. The first-order valence-electron chi connectivity index (χ1n) is 7.64. The third-order valence-corrected chi connectivity index (χ3v) is 4.07. The van der Waals surface area contributed by atoms with Gasteiger partial charge in [0.2, 0.25) is 0 Å². The fourth-order valence-electron chi connectivity index (χ4n) is 3.19. The van der Waals surface area contributed by atoms with E-state index in [1.807, 2.05) is 6.21 Å². The Morgan fingerprint density at radius 1 is 1.57 bits per heavy atom. The molecule has 0 aromatic rings. The Hall–Kier alpha value is -1.14. The number of hydrazone groups is 1. The number of hydrogen-bond acceptors (Lipinski definition) is 5. The lowest BCUT2D eigenvalue weighted by molar-refractivity contribution is -0.222. The molecule has 0 spiro atoms. The van der Waals surface area contributed by atoms with Crippen LogP contribution >= 0.6 is 0 Å². The molecule has 1 aliphatic rings. The van der Waals surface area contributed by atoms with Crippen LogP contribution in [0, 0.1) is 5.92 Å². The molecule has 21 heavy (non-hydrogen) atoms. The Labute approximate surface area is 127 Å². The van der Waals surface area contributed by atoms with Crippen LogP contribution in [0.3, 0.4) is 0 Å². The van der Waals surface area contributed by atoms with Gasteiger partial charge in [-0.05, 0) is 32.1 Å². The second-order valence-corrected chi connectivity index (χ2v) is 6.56. The Bertz CT molecular complexity index is 386. The highest BCUT2D eigenvalue weighted by atomic mass is 16.7. The summed E-state index contributed by atoms with van der Waals surface area (Å²) >= 11 is 0. The maximum Gasteiger partial charge on any atom is 0.320 e. The van der Waals surface area contributed by atoms with Gasteiger partial charge in [0, 0.05) is 19.7 Å². The van der Waals surface area contributed by atoms with Gasteiger partial charge in [-0.1, -0.05) is 20.8 Å². The molecular formula is C15H29N3O3. The predicted octanol–water partition coefficient (Wildman–Crippen LogP) is 2.26. The second kappa shape index (κ2) is 7.22. The maximum absolute atomic E-state index is 11.2. The van der Waals surface area contributed by atoms with Gasteiger partial charge in [-0.15, -0.1) is 0 Å². The monoisotopic (exact) mass is 299 g/mol. The minimum absolute atomic E-state index is 0.101. The van der Waals surface area contributed by atoms with Gasteiger partial charge in [0.1, 0.15) is 6.54 Å². The van der Waals surface area contributed by atoms with Gasteiger partial charge in [0.25, 0.3) is 0 Å². The Balaban J connectivity index is 3.07. The van der Waals surface area contributed by atoms with Gasteiger partial charge in [-0.3, -0.25) is 9.63 Å². The van der Waals surface area contributed by atoms with Crippen molar-refractivity contribution in [1.29, 1.82) is 0 Å². The van der Waals surface area contributed by atoms with Crippen LogP contribution in [0.15, 0.2) is 5.10 Å². The molecular weight excluding hydrogens is 270 g/mol. The van der Waals surface area contributed by atoms with Crippen molar-refractivity contribution >= 4 is 12.2 Å². The van der Waals surface area contributed by atoms with Crippen LogP contribution in [0.4, 0.5) is 0 Å². The zero-order chi connectivity index (χ0) is 16.1. The number of rotatable bonds is 8. The van der Waals surface area contributed by atoms with Crippen LogP contribution in [-0.2, 0) is 9.63 Å². The number of aliphatic carboxylic acids is 1. The van der Waals surface area contributed by atoms with Crippen molar-refractivity contribution in [3.63, 3.8) is 0 Å². The molecule has 1 aliphatic heterocycles. The summed E-state index contributed by atoms with van der Waals surface area (Å²) in [7, 11) is 1.75. The summed E-state index contributed by atoms with van der Waals surface area (Å²) in [5.41, 5.74) is 2.13. The first-order chi connectivity index (χ1) is 9.77. The van der Waals surface area contributed by atoms with Crippen LogP contribution in [0.1, 0.15) is 53.4 Å². The van der Waals surface area contributed by atoms with E-state index in [0.717, 1.165) is 19.3 Å². The van der Waals surface area contributed by atoms with Crippen LogP contribution in [-0.4, -0.2) is 47.1 Å². The van der Waals surface area contributed by atoms with Gasteiger partial charge >= 0.3 is 5.97 Å². The van der Waals surface area contributed by atoms with Gasteiger partial charge in [0.15, 0.2) is 0 Å². The quantitative estimate of drug-likeness (QED) is 0.531. The highest BCUT2D eigenvalue weighted by molar-refractivity contribution is 5.69. The van der Waals surface area contributed by atoms with Crippen LogP contribution in [0.2, 0.25) is 0 Å². The third kappa shape index (κ3) is 4.68. The summed E-state index contributed by atoms with van der Waals surface area (Å²) in [6.45, 7) is 8.33. The molecule has 122 valence electrons. The molecule has 0 aliphatic carbocycles. The van der Waals surface area contributed by atoms with Crippen molar-refractivity contribution in [2.24, 2.45) is 11.0 Å². The number of nitrogens with zero attached hydrogens (tertiary/aromatic N) is 2. The molecule has 0 saturated carbocycles. The van der Waals surface area contributed by atoms with Gasteiger partial charge in [-0.2, -0.15) is 10.2 Å². The molecule has 0 aromatic heterocycles. The molecule has 1 rings (SSSR count). The lowest BCUT2D eigenvalue weighted by atomic mass is 9.78. The zero-order valence-corrected chi connectivity index (χ0v) is 13.8. The van der Waals surface area contributed by atoms with Crippen molar-refractivity contribution in [3.05, 3.63) is 0 Å². The molecule has 1 heterocycles. The fraction of sp³-hybridized carbons (Fsp3) is 0.867. The first-order valence-corrected chi connectivity index (χ1v) is 7.64. The summed E-state index contributed by atoms with van der Waals surface area (Å²) in [6, 6.07) is 0. The lowest BCUT2D eigenvalue weighted by Crippen LogP contribution is -2.46. The molecule has 1 fully saturated rings. The highest BCUT2D eigenvalue weighted by Crippen LogP contribution is 2.45. The average molecular weight is 299 g/mol. The Morgan fingerprint density at radius 2 is 2.24 bits per heavy atom. The van der Waals surface area contributed by atoms with Crippen molar-refractivity contribution in [2.45, 2.75) is 64.5 Å². The van der Waals surface area contributed by atoms with Crippen molar-refractivity contribution < 1.29 is 14.7 Å². The van der Waals surface area contributed by atoms with E-state index in [2.05, 4.69) is 38.2 Å². The Kier molecular flexibility index (Phi) is 6.16. The van der Waals surface area contributed by atoms with E-state index in [4.69, 9.17) is 4.84 Å². The molecule has 0 unspecified atom stereocenters. The van der Waals surface area contributed by atoms with Crippen molar-refractivity contribution in [1.82, 2.24) is 10.5 Å². The SMILES string of the molecule is CC[C@@]1(C)C[C@@](C/C=N/NC)(CC(C)C)N(CC(=O)O)O1. The molecule has 1 saturated heterocycles. The number of hydroxylamine groups is 2. The number of nitrogens with one attached hydrogen (secondary N) is 1. The van der Waals surface area contributed by atoms with E-state index < -0.39 is 5.97 Å². The molecule has 2 N–H and O–H groups in total. The standard InChI is InChI=1S/C15H29N3O3/c1-6-14(4)11-15(9-12(2)3,7-8-17-16-5)18(21-14)10-13(19)20/h8,12,16H,6-7,9-11H2,1-5H3,(H,19,20)/b17-8+/t14-,15+/m0/s1. The smallest absolute Gasteiger partial charge is 0.320 e. The molecule has 0 bridgehead atoms. The van der Waals surface area contributed by atoms with E-state index in [0.29, 0.717) is 12.3 Å². The second-order valence-electron chi connectivity index (χ2n) is 6.56. The minimum Gasteiger partial charge on any atom is -0.480 e. The Morgan fingerprint density at radius 3 is 2.71 bits per heavy atom. The van der Waals surface area contributed by atoms with Crippen LogP contribution in [0.25, 0.3) is 0 Å². The normalized spacial score (nSPS) is 30.4. The summed E-state index contributed by atoms with van der Waals surface area (Å²) in [5, 5.41) is 14.9. The van der Waals surface area contributed by atoms with Gasteiger partial charge in [-0.25, -0.2) is 0 Å². The van der Waals surface area contributed by atoms with Crippen LogP contribution < -0.4 is 5.43 Å². The molecule has 0 amide bonds. The average Bonchev–Trinajstić information content (AvgIpc) is 2.62. The van der Waals surface area contributed by atoms with Gasteiger partial charge in [0.05, 0.1) is 11.1 Å². The topological polar surface area (TPSA) is 74.2 Å². The van der Waals surface area contributed by atoms with E-state index in [1.54, 1.807) is 12.1 Å². The van der Waals surface area contributed by atoms with Crippen LogP contribution in [0.5, 0.6) is 0 Å². The predicted molar refractivity (Wildman–Crippen MR) is 83.1 cm³/mol. The number of carboxylic acids is 1. The highest BCUT2D eigenvalue weighted by Gasteiger charge is 2.52. The first kappa shape index (κ1) is 17.9. The maximum atomic E-state index is 11.2. The van der Waals surface area contributed by atoms with E-state index in [9.17, 15) is 9.90 Å². The summed E-state index contributed by atoms with van der Waals surface area (Å²) < 4.78 is 0. The summed E-state index contributed by atoms with van der Waals surface area (Å²) in [4.78, 5) is 17.2. The van der Waals surface area contributed by atoms with Crippen molar-refractivity contribution in [2.75, 3.05) is 13.6 Å². The van der Waals surface area contributed by atoms with E-state index in [-0.39, 0.29) is 17.7 Å². The number of hydrogen-bond donors (Lipinski definition) is 2. The van der Waals surface area contributed by atoms with E-state index in [1.165, 1.54) is 0 Å². The number of carboxylic acid groups (broad SMARTS) is 1. The van der Waals surface area contributed by atoms with Crippen molar-refractivity contribution in [3.8, 4) is 0 Å². The lowest BCUT2D eigenvalue weighted by Gasteiger charge is -2.36. The summed E-state index contributed by atoms with van der Waals surface area (Å²) in [5.74, 6) is -0.416. The third-order valence-electron chi connectivity index (χ3n) is 4.07. The fourth-order valence-corrected chi connectivity index (χ4v) is 3.19. The largest absolute Gasteiger partial charge is 0.480 e. The molecule has 2 atom stereocenters.